The van der Waals surface area contributed by atoms with E-state index in [1.54, 1.807) is 6.92 Å². The normalized spacial score (nSPS) is 18.8. The van der Waals surface area contributed by atoms with Crippen LogP contribution in [0.5, 0.6) is 0 Å². The summed E-state index contributed by atoms with van der Waals surface area (Å²) in [7, 11) is 0. The van der Waals surface area contributed by atoms with Crippen molar-refractivity contribution in [3.05, 3.63) is 34.3 Å². The second-order valence-corrected chi connectivity index (χ2v) is 6.81. The molecule has 1 aromatic carbocycles. The predicted molar refractivity (Wildman–Crippen MR) is 76.2 cm³/mol. The lowest BCUT2D eigenvalue weighted by atomic mass is 10.0. The van der Waals surface area contributed by atoms with Crippen LogP contribution in [0.3, 0.4) is 0 Å². The summed E-state index contributed by atoms with van der Waals surface area (Å²) in [6.45, 7) is 5.90. The fourth-order valence-electron chi connectivity index (χ4n) is 2.05. The van der Waals surface area contributed by atoms with E-state index in [-0.39, 0.29) is 5.12 Å². The van der Waals surface area contributed by atoms with E-state index < -0.39 is 0 Å². The molecule has 2 nitrogen and oxygen atoms in total. The molecule has 1 aromatic rings. The Labute approximate surface area is 115 Å². The minimum Gasteiger partial charge on any atom is -0.294 e. The average molecular weight is 314 g/mol. The topological polar surface area (TPSA) is 20.3 Å². The maximum absolute atomic E-state index is 11.0. The van der Waals surface area contributed by atoms with Gasteiger partial charge in [-0.1, -0.05) is 39.8 Å². The Kier molecular flexibility index (Phi) is 4.28. The lowest BCUT2D eigenvalue weighted by Gasteiger charge is -2.42. The van der Waals surface area contributed by atoms with Crippen molar-refractivity contribution < 1.29 is 4.79 Å². The summed E-state index contributed by atoms with van der Waals surface area (Å²) >= 11 is 4.92. The van der Waals surface area contributed by atoms with E-state index >= 15 is 0 Å². The van der Waals surface area contributed by atoms with Crippen LogP contribution in [0.25, 0.3) is 0 Å². The number of benzene rings is 1. The number of likely N-dealkylation sites (tertiary alicyclic amines) is 1. The summed E-state index contributed by atoms with van der Waals surface area (Å²) in [5.41, 5.74) is 1.33. The molecule has 17 heavy (non-hydrogen) atoms. The molecule has 1 heterocycles. The third-order valence-electron chi connectivity index (χ3n) is 3.11. The highest BCUT2D eigenvalue weighted by Crippen LogP contribution is 2.31. The van der Waals surface area contributed by atoms with Gasteiger partial charge in [0.1, 0.15) is 0 Å². The summed E-state index contributed by atoms with van der Waals surface area (Å²) < 4.78 is 1.11. The molecule has 0 saturated carbocycles. The highest BCUT2D eigenvalue weighted by molar-refractivity contribution is 9.10. The first kappa shape index (κ1) is 13.1. The van der Waals surface area contributed by atoms with Crippen LogP contribution < -0.4 is 0 Å². The zero-order chi connectivity index (χ0) is 12.4. The van der Waals surface area contributed by atoms with Gasteiger partial charge in [-0.15, -0.1) is 0 Å². The quantitative estimate of drug-likeness (QED) is 0.852. The number of carbonyl (C=O) groups is 1. The average Bonchev–Trinajstić information content (AvgIpc) is 2.23. The summed E-state index contributed by atoms with van der Waals surface area (Å²) in [6, 6.07) is 8.90. The Balaban J connectivity index is 1.88. The van der Waals surface area contributed by atoms with Gasteiger partial charge < -0.3 is 0 Å². The van der Waals surface area contributed by atoms with Gasteiger partial charge >= 0.3 is 0 Å². The largest absolute Gasteiger partial charge is 0.294 e. The van der Waals surface area contributed by atoms with Gasteiger partial charge in [-0.05, 0) is 24.6 Å². The predicted octanol–water partition coefficient (Wildman–Crippen LogP) is 3.47. The Bertz CT molecular complexity index is 400. The van der Waals surface area contributed by atoms with E-state index in [0.29, 0.717) is 11.3 Å². The van der Waals surface area contributed by atoms with Gasteiger partial charge in [0.15, 0.2) is 5.12 Å². The number of carbonyl (C=O) groups excluding carboxylic acids is 1. The first-order chi connectivity index (χ1) is 8.06. The zero-order valence-corrected chi connectivity index (χ0v) is 12.4. The maximum atomic E-state index is 11.0. The highest BCUT2D eigenvalue weighted by Gasteiger charge is 2.31. The van der Waals surface area contributed by atoms with Crippen LogP contribution in [-0.2, 0) is 4.79 Å². The third kappa shape index (κ3) is 3.33. The van der Waals surface area contributed by atoms with E-state index in [1.165, 1.54) is 17.3 Å². The van der Waals surface area contributed by atoms with E-state index in [9.17, 15) is 4.79 Å². The number of hydrogen-bond donors (Lipinski definition) is 0. The van der Waals surface area contributed by atoms with E-state index in [1.807, 2.05) is 0 Å². The van der Waals surface area contributed by atoms with Crippen molar-refractivity contribution >= 4 is 32.8 Å². The molecule has 0 aromatic heterocycles. The second-order valence-electron chi connectivity index (χ2n) is 4.41. The molecule has 0 bridgehead atoms. The maximum Gasteiger partial charge on any atom is 0.186 e. The van der Waals surface area contributed by atoms with E-state index in [0.717, 1.165) is 17.6 Å². The molecule has 0 N–H and O–H groups in total. The van der Waals surface area contributed by atoms with Crippen LogP contribution in [0.1, 0.15) is 25.5 Å². The summed E-state index contributed by atoms with van der Waals surface area (Å²) in [5, 5.41) is 0.719. The molecule has 0 amide bonds. The fraction of sp³-hybridized carbons (Fsp3) is 0.462. The minimum absolute atomic E-state index is 0.228. The third-order valence-corrected chi connectivity index (χ3v) is 4.60. The molecule has 1 aliphatic rings. The van der Waals surface area contributed by atoms with Gasteiger partial charge in [-0.2, -0.15) is 0 Å². The van der Waals surface area contributed by atoms with Crippen LogP contribution in [0.2, 0.25) is 0 Å². The summed E-state index contributed by atoms with van der Waals surface area (Å²) in [6.07, 6.45) is 0. The Morgan fingerprint density at radius 2 is 2.00 bits per heavy atom. The van der Waals surface area contributed by atoms with Crippen LogP contribution in [-0.4, -0.2) is 28.4 Å². The molecule has 1 fully saturated rings. The van der Waals surface area contributed by atoms with Crippen LogP contribution in [0.4, 0.5) is 0 Å². The Morgan fingerprint density at radius 1 is 1.41 bits per heavy atom. The number of halogens is 1. The van der Waals surface area contributed by atoms with Crippen molar-refractivity contribution in [3.8, 4) is 0 Å². The van der Waals surface area contributed by atoms with Crippen molar-refractivity contribution in [2.45, 2.75) is 25.1 Å². The molecule has 1 aliphatic heterocycles. The van der Waals surface area contributed by atoms with Crippen molar-refractivity contribution in [3.63, 3.8) is 0 Å². The molecule has 92 valence electrons. The van der Waals surface area contributed by atoms with Crippen LogP contribution in [0.15, 0.2) is 28.7 Å². The second kappa shape index (κ2) is 5.55. The minimum atomic E-state index is 0.228. The Morgan fingerprint density at radius 3 is 2.53 bits per heavy atom. The molecule has 1 saturated heterocycles. The van der Waals surface area contributed by atoms with E-state index in [2.05, 4.69) is 52.0 Å². The van der Waals surface area contributed by atoms with Gasteiger partial charge in [0, 0.05) is 35.8 Å². The molecule has 0 spiro atoms. The van der Waals surface area contributed by atoms with Gasteiger partial charge in [0.2, 0.25) is 0 Å². The van der Waals surface area contributed by atoms with Crippen molar-refractivity contribution in [1.82, 2.24) is 4.90 Å². The number of rotatable bonds is 3. The molecule has 2 rings (SSSR count). The molecule has 1 unspecified atom stereocenters. The number of hydrogen-bond acceptors (Lipinski definition) is 3. The lowest BCUT2D eigenvalue weighted by Crippen LogP contribution is -2.50. The molecule has 1 atom stereocenters. The van der Waals surface area contributed by atoms with Crippen molar-refractivity contribution in [2.24, 2.45) is 0 Å². The standard InChI is InChI=1S/C13H16BrNOS/c1-9(11-3-5-12(14)6-4-11)15-7-13(8-15)17-10(2)16/h3-6,9,13H,7-8H2,1-2H3. The van der Waals surface area contributed by atoms with Crippen LogP contribution >= 0.6 is 27.7 Å². The molecular weight excluding hydrogens is 298 g/mol. The molecule has 4 heteroatoms. The number of nitrogens with zero attached hydrogens (tertiary/aromatic N) is 1. The smallest absolute Gasteiger partial charge is 0.186 e. The van der Waals surface area contributed by atoms with Gasteiger partial charge in [0.25, 0.3) is 0 Å². The molecular formula is C13H16BrNOS. The molecule has 0 radical (unpaired) electrons. The zero-order valence-electron chi connectivity index (χ0n) is 10.0. The van der Waals surface area contributed by atoms with Gasteiger partial charge in [-0.3, -0.25) is 9.69 Å². The van der Waals surface area contributed by atoms with E-state index in [4.69, 9.17) is 0 Å². The van der Waals surface area contributed by atoms with Crippen molar-refractivity contribution in [1.29, 1.82) is 0 Å². The van der Waals surface area contributed by atoms with Gasteiger partial charge in [-0.25, -0.2) is 0 Å². The lowest BCUT2D eigenvalue weighted by molar-refractivity contribution is -0.109. The fourth-order valence-corrected chi connectivity index (χ4v) is 3.31. The summed E-state index contributed by atoms with van der Waals surface area (Å²) in [5.74, 6) is 0. The van der Waals surface area contributed by atoms with Crippen molar-refractivity contribution in [2.75, 3.05) is 13.1 Å². The first-order valence-corrected chi connectivity index (χ1v) is 7.40. The number of thioether (sulfide) groups is 1. The van der Waals surface area contributed by atoms with Gasteiger partial charge in [0.05, 0.1) is 0 Å². The SMILES string of the molecule is CC(=O)SC1CN(C(C)c2ccc(Br)cc2)C1. The monoisotopic (exact) mass is 313 g/mol. The Hall–Kier alpha value is -0.320. The first-order valence-electron chi connectivity index (χ1n) is 5.73. The highest BCUT2D eigenvalue weighted by atomic mass is 79.9. The van der Waals surface area contributed by atoms with Crippen LogP contribution in [0, 0.1) is 0 Å². The summed E-state index contributed by atoms with van der Waals surface area (Å²) in [4.78, 5) is 13.4. The molecule has 0 aliphatic carbocycles.